The Bertz CT molecular complexity index is 283. The van der Waals surface area contributed by atoms with E-state index in [2.05, 4.69) is 10.6 Å². The molecule has 2 rings (SSSR count). The second-order valence-corrected chi connectivity index (χ2v) is 3.39. The van der Waals surface area contributed by atoms with Crippen LogP contribution in [0, 0.1) is 0 Å². The molecule has 1 spiro atoms. The van der Waals surface area contributed by atoms with Gasteiger partial charge in [0.25, 0.3) is 0 Å². The van der Waals surface area contributed by atoms with Crippen molar-refractivity contribution in [1.82, 2.24) is 10.6 Å². The number of hydrogen-bond donors (Lipinski definition) is 2. The zero-order chi connectivity index (χ0) is 10.7. The Morgan fingerprint density at radius 3 is 2.47 bits per heavy atom. The van der Waals surface area contributed by atoms with Gasteiger partial charge in [-0.05, 0) is 13.0 Å². The van der Waals surface area contributed by atoms with E-state index >= 15 is 0 Å². The Morgan fingerprint density at radius 2 is 1.80 bits per heavy atom. The molecule has 0 bridgehead atoms. The Morgan fingerprint density at radius 1 is 1.13 bits per heavy atom. The first kappa shape index (κ1) is 10.1. The minimum atomic E-state index is -1.35. The Hall–Kier alpha value is -1.40. The van der Waals surface area contributed by atoms with Crippen molar-refractivity contribution in [2.45, 2.75) is 12.3 Å². The van der Waals surface area contributed by atoms with Gasteiger partial charge in [-0.15, -0.1) is 0 Å². The molecule has 2 heterocycles. The molecule has 0 saturated carbocycles. The van der Waals surface area contributed by atoms with E-state index in [4.69, 9.17) is 9.47 Å². The molecule has 2 aliphatic rings. The lowest BCUT2D eigenvalue weighted by molar-refractivity contribution is -0.229. The number of ether oxygens (including phenoxy) is 2. The van der Waals surface area contributed by atoms with Crippen molar-refractivity contribution >= 4 is 11.9 Å². The molecular weight excluding hydrogens is 200 g/mol. The molecular formula is C9H12N2O4. The van der Waals surface area contributed by atoms with E-state index < -0.39 is 17.8 Å². The zero-order valence-electron chi connectivity index (χ0n) is 8.12. The van der Waals surface area contributed by atoms with Crippen LogP contribution in [0.4, 0.5) is 0 Å². The van der Waals surface area contributed by atoms with Crippen molar-refractivity contribution in [3.8, 4) is 0 Å². The summed E-state index contributed by atoms with van der Waals surface area (Å²) in [5.41, 5.74) is 0. The van der Waals surface area contributed by atoms with Gasteiger partial charge in [-0.2, -0.15) is 0 Å². The molecule has 0 aromatic rings. The van der Waals surface area contributed by atoms with E-state index in [1.165, 1.54) is 0 Å². The molecule has 82 valence electrons. The number of carbonyl (C=O) groups is 2. The average Bonchev–Trinajstić information content (AvgIpc) is 2.47. The fraction of sp³-hybridized carbons (Fsp3) is 0.556. The van der Waals surface area contributed by atoms with E-state index in [-0.39, 0.29) is 6.54 Å². The van der Waals surface area contributed by atoms with Gasteiger partial charge in [0.15, 0.2) is 0 Å². The molecule has 1 saturated heterocycles. The number of nitrogens with one attached hydrogen (secondary N) is 2. The highest BCUT2D eigenvalue weighted by Gasteiger charge is 2.39. The molecule has 0 unspecified atom stereocenters. The van der Waals surface area contributed by atoms with Gasteiger partial charge in [-0.3, -0.25) is 0 Å². The maximum Gasteiger partial charge on any atom is 0.335 e. The third-order valence-corrected chi connectivity index (χ3v) is 2.17. The Labute approximate surface area is 86.6 Å². The van der Waals surface area contributed by atoms with Gasteiger partial charge in [-0.1, -0.05) is 0 Å². The minimum absolute atomic E-state index is 0.256. The maximum atomic E-state index is 11.2. The number of carbonyl (C=O) groups excluding carboxylic acids is 2. The lowest BCUT2D eigenvalue weighted by atomic mass is 10.4. The maximum absolute atomic E-state index is 11.2. The molecule has 2 N–H and O–H groups in total. The molecule has 0 aromatic carbocycles. The van der Waals surface area contributed by atoms with Crippen molar-refractivity contribution in [2.24, 2.45) is 0 Å². The second-order valence-electron chi connectivity index (χ2n) is 3.39. The highest BCUT2D eigenvalue weighted by Crippen LogP contribution is 2.15. The van der Waals surface area contributed by atoms with Crippen LogP contribution >= 0.6 is 0 Å². The summed E-state index contributed by atoms with van der Waals surface area (Å²) in [6.07, 6.45) is 3.00. The van der Waals surface area contributed by atoms with Crippen molar-refractivity contribution in [3.05, 3.63) is 12.2 Å². The van der Waals surface area contributed by atoms with Crippen LogP contribution in [-0.2, 0) is 19.1 Å². The molecule has 0 aromatic heterocycles. The summed E-state index contributed by atoms with van der Waals surface area (Å²) in [5.74, 6) is -2.53. The number of esters is 2. The van der Waals surface area contributed by atoms with E-state index in [0.29, 0.717) is 6.54 Å². The van der Waals surface area contributed by atoms with Gasteiger partial charge in [0.05, 0.1) is 6.54 Å². The van der Waals surface area contributed by atoms with E-state index in [1.807, 2.05) is 0 Å². The predicted octanol–water partition coefficient (Wildman–Crippen LogP) is -1.12. The lowest BCUT2D eigenvalue weighted by Gasteiger charge is -2.29. The first-order valence-electron chi connectivity index (χ1n) is 4.80. The van der Waals surface area contributed by atoms with Crippen LogP contribution in [0.15, 0.2) is 12.2 Å². The van der Waals surface area contributed by atoms with Crippen LogP contribution in [0.25, 0.3) is 0 Å². The summed E-state index contributed by atoms with van der Waals surface area (Å²) < 4.78 is 10.1. The van der Waals surface area contributed by atoms with Crippen LogP contribution in [0.5, 0.6) is 0 Å². The zero-order valence-corrected chi connectivity index (χ0v) is 8.12. The van der Waals surface area contributed by atoms with E-state index in [9.17, 15) is 9.59 Å². The Balaban J connectivity index is 2.17. The van der Waals surface area contributed by atoms with Crippen LogP contribution in [0.2, 0.25) is 0 Å². The fourth-order valence-electron chi connectivity index (χ4n) is 1.50. The molecule has 6 nitrogen and oxygen atoms in total. The molecule has 2 aliphatic heterocycles. The quantitative estimate of drug-likeness (QED) is 0.495. The Kier molecular flexibility index (Phi) is 2.70. The van der Waals surface area contributed by atoms with Crippen molar-refractivity contribution in [3.63, 3.8) is 0 Å². The highest BCUT2D eigenvalue weighted by molar-refractivity contribution is 5.93. The van der Waals surface area contributed by atoms with Gasteiger partial charge < -0.3 is 14.8 Å². The van der Waals surface area contributed by atoms with Gasteiger partial charge in [0, 0.05) is 18.7 Å². The fourth-order valence-corrected chi connectivity index (χ4v) is 1.50. The van der Waals surface area contributed by atoms with Crippen molar-refractivity contribution < 1.29 is 19.1 Å². The average molecular weight is 212 g/mol. The summed E-state index contributed by atoms with van der Waals surface area (Å²) in [4.78, 5) is 22.4. The molecule has 6 heteroatoms. The first-order valence-corrected chi connectivity index (χ1v) is 4.80. The summed E-state index contributed by atoms with van der Waals surface area (Å²) in [5, 5.41) is 5.94. The summed E-state index contributed by atoms with van der Waals surface area (Å²) in [6.45, 7) is 1.66. The van der Waals surface area contributed by atoms with Gasteiger partial charge >= 0.3 is 17.8 Å². The van der Waals surface area contributed by atoms with Crippen LogP contribution in [0.1, 0.15) is 6.42 Å². The standard InChI is InChI=1S/C9H12N2O4/c12-7-2-3-8(13)15-9(14-7)6-10-4-1-5-11-9/h2-3,10-11H,1,4-6H2. The van der Waals surface area contributed by atoms with Crippen LogP contribution in [-0.4, -0.2) is 37.5 Å². The van der Waals surface area contributed by atoms with Gasteiger partial charge in [-0.25, -0.2) is 14.9 Å². The molecule has 15 heavy (non-hydrogen) atoms. The second kappa shape index (κ2) is 4.00. The summed E-state index contributed by atoms with van der Waals surface area (Å²) >= 11 is 0. The minimum Gasteiger partial charge on any atom is -0.404 e. The highest BCUT2D eigenvalue weighted by atomic mass is 16.8. The first-order chi connectivity index (χ1) is 7.20. The third-order valence-electron chi connectivity index (χ3n) is 2.17. The largest absolute Gasteiger partial charge is 0.404 e. The number of hydrogen-bond acceptors (Lipinski definition) is 6. The third kappa shape index (κ3) is 2.34. The van der Waals surface area contributed by atoms with Crippen molar-refractivity contribution in [1.29, 1.82) is 0 Å². The lowest BCUT2D eigenvalue weighted by Crippen LogP contribution is -2.56. The smallest absolute Gasteiger partial charge is 0.335 e. The molecule has 0 radical (unpaired) electrons. The number of rotatable bonds is 0. The summed E-state index contributed by atoms with van der Waals surface area (Å²) in [7, 11) is 0. The summed E-state index contributed by atoms with van der Waals surface area (Å²) in [6, 6.07) is 0. The molecule has 0 aliphatic carbocycles. The van der Waals surface area contributed by atoms with Crippen LogP contribution < -0.4 is 10.6 Å². The SMILES string of the molecule is O=C1C=CC(=O)OC2(CNCCCN2)O1. The van der Waals surface area contributed by atoms with Gasteiger partial charge in [0.2, 0.25) is 0 Å². The monoisotopic (exact) mass is 212 g/mol. The van der Waals surface area contributed by atoms with Gasteiger partial charge in [0.1, 0.15) is 0 Å². The van der Waals surface area contributed by atoms with E-state index in [0.717, 1.165) is 25.1 Å². The topological polar surface area (TPSA) is 76.7 Å². The molecule has 0 atom stereocenters. The molecule has 1 fully saturated rings. The predicted molar refractivity (Wildman–Crippen MR) is 49.5 cm³/mol. The normalized spacial score (nSPS) is 25.3. The van der Waals surface area contributed by atoms with Crippen LogP contribution in [0.3, 0.4) is 0 Å². The van der Waals surface area contributed by atoms with E-state index in [1.54, 1.807) is 0 Å². The molecule has 0 amide bonds. The van der Waals surface area contributed by atoms with Crippen molar-refractivity contribution in [2.75, 3.05) is 19.6 Å².